The van der Waals surface area contributed by atoms with Crippen molar-refractivity contribution in [3.63, 3.8) is 0 Å². The second-order valence-electron chi connectivity index (χ2n) is 2.36. The zero-order valence-electron chi connectivity index (χ0n) is 6.21. The van der Waals surface area contributed by atoms with Gasteiger partial charge in [0, 0.05) is 6.07 Å². The highest BCUT2D eigenvalue weighted by Gasteiger charge is 2.04. The molecule has 0 aliphatic carbocycles. The average Bonchev–Trinajstić information content (AvgIpc) is 2.31. The molecule has 0 fully saturated rings. The SMILES string of the molecule is Cc1nnc2cc(Cl)[nH]c(=O)n12. The lowest BCUT2D eigenvalue weighted by Gasteiger charge is -1.92. The molecule has 5 nitrogen and oxygen atoms in total. The van der Waals surface area contributed by atoms with Gasteiger partial charge in [0.1, 0.15) is 11.0 Å². The molecule has 0 radical (unpaired) electrons. The van der Waals surface area contributed by atoms with Gasteiger partial charge >= 0.3 is 5.69 Å². The Kier molecular flexibility index (Phi) is 1.41. The van der Waals surface area contributed by atoms with E-state index in [0.717, 1.165) is 0 Å². The average molecular weight is 185 g/mol. The number of aromatic nitrogens is 4. The molecule has 0 bridgehead atoms. The van der Waals surface area contributed by atoms with E-state index in [1.807, 2.05) is 0 Å². The minimum atomic E-state index is -0.319. The lowest BCUT2D eigenvalue weighted by Crippen LogP contribution is -2.16. The second kappa shape index (κ2) is 2.31. The molecular formula is C6H5ClN4O. The molecule has 0 aliphatic rings. The lowest BCUT2D eigenvalue weighted by atomic mass is 10.6. The summed E-state index contributed by atoms with van der Waals surface area (Å²) in [7, 11) is 0. The van der Waals surface area contributed by atoms with Gasteiger partial charge in [-0.05, 0) is 6.92 Å². The molecule has 2 rings (SSSR count). The maximum Gasteiger partial charge on any atom is 0.333 e. The first-order valence-electron chi connectivity index (χ1n) is 3.29. The Balaban J connectivity index is 3.03. The normalized spacial score (nSPS) is 10.8. The summed E-state index contributed by atoms with van der Waals surface area (Å²) in [6, 6.07) is 1.54. The molecule has 62 valence electrons. The number of fused-ring (bicyclic) bond motifs is 1. The van der Waals surface area contributed by atoms with Crippen LogP contribution in [0, 0.1) is 6.92 Å². The summed E-state index contributed by atoms with van der Waals surface area (Å²) in [4.78, 5) is 13.7. The van der Waals surface area contributed by atoms with Gasteiger partial charge in [0.25, 0.3) is 0 Å². The van der Waals surface area contributed by atoms with Crippen molar-refractivity contribution in [2.75, 3.05) is 0 Å². The zero-order chi connectivity index (χ0) is 8.72. The van der Waals surface area contributed by atoms with Crippen LogP contribution in [0.1, 0.15) is 5.82 Å². The highest BCUT2D eigenvalue weighted by molar-refractivity contribution is 6.29. The third-order valence-corrected chi connectivity index (χ3v) is 1.74. The minimum Gasteiger partial charge on any atom is -0.297 e. The van der Waals surface area contributed by atoms with Gasteiger partial charge in [0.2, 0.25) is 0 Å². The van der Waals surface area contributed by atoms with Crippen molar-refractivity contribution in [1.29, 1.82) is 0 Å². The van der Waals surface area contributed by atoms with Crippen LogP contribution in [-0.2, 0) is 0 Å². The number of halogens is 1. The molecule has 0 aliphatic heterocycles. The number of aromatic amines is 1. The zero-order valence-corrected chi connectivity index (χ0v) is 6.96. The van der Waals surface area contributed by atoms with Gasteiger partial charge in [-0.3, -0.25) is 4.98 Å². The van der Waals surface area contributed by atoms with Crippen LogP contribution in [-0.4, -0.2) is 19.6 Å². The van der Waals surface area contributed by atoms with Crippen molar-refractivity contribution >= 4 is 17.2 Å². The maximum atomic E-state index is 11.2. The highest BCUT2D eigenvalue weighted by Crippen LogP contribution is 2.04. The maximum absolute atomic E-state index is 11.2. The second-order valence-corrected chi connectivity index (χ2v) is 2.77. The van der Waals surface area contributed by atoms with Gasteiger partial charge in [-0.25, -0.2) is 9.20 Å². The van der Waals surface area contributed by atoms with Gasteiger partial charge in [0.05, 0.1) is 0 Å². The van der Waals surface area contributed by atoms with E-state index in [4.69, 9.17) is 11.6 Å². The fourth-order valence-corrected chi connectivity index (χ4v) is 1.21. The summed E-state index contributed by atoms with van der Waals surface area (Å²) < 4.78 is 1.35. The highest BCUT2D eigenvalue weighted by atomic mass is 35.5. The van der Waals surface area contributed by atoms with Crippen LogP contribution in [0.4, 0.5) is 0 Å². The van der Waals surface area contributed by atoms with E-state index in [2.05, 4.69) is 15.2 Å². The van der Waals surface area contributed by atoms with E-state index in [-0.39, 0.29) is 10.8 Å². The molecule has 2 aromatic heterocycles. The van der Waals surface area contributed by atoms with Gasteiger partial charge < -0.3 is 0 Å². The summed E-state index contributed by atoms with van der Waals surface area (Å²) >= 11 is 5.60. The lowest BCUT2D eigenvalue weighted by molar-refractivity contribution is 0.937. The van der Waals surface area contributed by atoms with Crippen LogP contribution in [0.15, 0.2) is 10.9 Å². The Hall–Kier alpha value is -1.36. The molecule has 0 spiro atoms. The molecular weight excluding hydrogens is 180 g/mol. The van der Waals surface area contributed by atoms with Crippen molar-refractivity contribution in [3.05, 3.63) is 27.5 Å². The molecule has 0 unspecified atom stereocenters. The third-order valence-electron chi connectivity index (χ3n) is 1.54. The fourth-order valence-electron chi connectivity index (χ4n) is 1.03. The van der Waals surface area contributed by atoms with Crippen LogP contribution in [0.5, 0.6) is 0 Å². The van der Waals surface area contributed by atoms with Crippen LogP contribution >= 0.6 is 11.6 Å². The van der Waals surface area contributed by atoms with Gasteiger partial charge in [0.15, 0.2) is 5.65 Å². The molecule has 0 atom stereocenters. The number of hydrogen-bond acceptors (Lipinski definition) is 3. The van der Waals surface area contributed by atoms with E-state index in [9.17, 15) is 4.79 Å². The van der Waals surface area contributed by atoms with Crippen LogP contribution < -0.4 is 5.69 Å². The summed E-state index contributed by atoms with van der Waals surface area (Å²) in [6.07, 6.45) is 0. The Morgan fingerprint density at radius 2 is 2.33 bits per heavy atom. The quantitative estimate of drug-likeness (QED) is 0.602. The number of H-pyrrole nitrogens is 1. The molecule has 0 saturated heterocycles. The molecule has 2 aromatic rings. The molecule has 1 N–H and O–H groups in total. The van der Waals surface area contributed by atoms with Crippen molar-refractivity contribution in [3.8, 4) is 0 Å². The molecule has 12 heavy (non-hydrogen) atoms. The summed E-state index contributed by atoms with van der Waals surface area (Å²) in [5, 5.41) is 7.74. The standard InChI is InChI=1S/C6H5ClN4O/c1-3-9-10-5-2-4(7)8-6(12)11(3)5/h2H,1H3,(H,8,12). The predicted molar refractivity (Wildman–Crippen MR) is 43.4 cm³/mol. The number of rotatable bonds is 0. The monoisotopic (exact) mass is 184 g/mol. The Morgan fingerprint density at radius 3 is 3.08 bits per heavy atom. The van der Waals surface area contributed by atoms with E-state index < -0.39 is 0 Å². The van der Waals surface area contributed by atoms with Crippen molar-refractivity contribution in [2.45, 2.75) is 6.92 Å². The number of aryl methyl sites for hydroxylation is 1. The first-order chi connectivity index (χ1) is 5.68. The summed E-state index contributed by atoms with van der Waals surface area (Å²) in [6.45, 7) is 1.70. The third kappa shape index (κ3) is 0.902. The van der Waals surface area contributed by atoms with Crippen molar-refractivity contribution in [1.82, 2.24) is 19.6 Å². The topological polar surface area (TPSA) is 63.0 Å². The molecule has 6 heteroatoms. The van der Waals surface area contributed by atoms with Crippen LogP contribution in [0.3, 0.4) is 0 Å². The minimum absolute atomic E-state index is 0.264. The van der Waals surface area contributed by atoms with Crippen molar-refractivity contribution in [2.24, 2.45) is 0 Å². The van der Waals surface area contributed by atoms with Crippen LogP contribution in [0.25, 0.3) is 5.65 Å². The molecule has 2 heterocycles. The smallest absolute Gasteiger partial charge is 0.297 e. The number of nitrogens with zero attached hydrogens (tertiary/aromatic N) is 3. The Labute approximate surface area is 72.0 Å². The summed E-state index contributed by atoms with van der Waals surface area (Å²) in [5.74, 6) is 0.544. The fraction of sp³-hybridized carbons (Fsp3) is 0.167. The van der Waals surface area contributed by atoms with Gasteiger partial charge in [-0.15, -0.1) is 10.2 Å². The largest absolute Gasteiger partial charge is 0.333 e. The predicted octanol–water partition coefficient (Wildman–Crippen LogP) is 0.379. The number of nitrogens with one attached hydrogen (secondary N) is 1. The van der Waals surface area contributed by atoms with E-state index in [1.165, 1.54) is 4.40 Å². The van der Waals surface area contributed by atoms with Crippen LogP contribution in [0.2, 0.25) is 5.15 Å². The first-order valence-corrected chi connectivity index (χ1v) is 3.67. The van der Waals surface area contributed by atoms with E-state index in [0.29, 0.717) is 11.5 Å². The number of hydrogen-bond donors (Lipinski definition) is 1. The van der Waals surface area contributed by atoms with Gasteiger partial charge in [-0.1, -0.05) is 11.6 Å². The Morgan fingerprint density at radius 1 is 1.58 bits per heavy atom. The molecule has 0 aromatic carbocycles. The molecule has 0 amide bonds. The Bertz CT molecular complexity index is 486. The summed E-state index contributed by atoms with van der Waals surface area (Å²) in [5.41, 5.74) is 0.140. The van der Waals surface area contributed by atoms with E-state index >= 15 is 0 Å². The first kappa shape index (κ1) is 7.30. The van der Waals surface area contributed by atoms with E-state index in [1.54, 1.807) is 13.0 Å². The molecule has 0 saturated carbocycles. The van der Waals surface area contributed by atoms with Gasteiger partial charge in [-0.2, -0.15) is 0 Å². The van der Waals surface area contributed by atoms with Crippen molar-refractivity contribution < 1.29 is 0 Å².